The van der Waals surface area contributed by atoms with Crippen molar-refractivity contribution in [3.8, 4) is 0 Å². The van der Waals surface area contributed by atoms with Crippen LogP contribution in [0, 0.1) is 6.92 Å². The standard InChI is InChI=1S/C9H8N4O3/c1-4-2-6(9(15)16)13-8(12-4)5(3-11-13)7(10)14/h2-3H,1H3,(H2,10,14)(H,15,16). The number of aromatic nitrogens is 3. The largest absolute Gasteiger partial charge is 0.477 e. The molecule has 0 fully saturated rings. The highest BCUT2D eigenvalue weighted by Gasteiger charge is 2.16. The van der Waals surface area contributed by atoms with E-state index in [1.807, 2.05) is 0 Å². The predicted octanol–water partition coefficient (Wildman–Crippen LogP) is -0.165. The first-order valence-corrected chi connectivity index (χ1v) is 4.39. The lowest BCUT2D eigenvalue weighted by molar-refractivity contribution is 0.0686. The number of nitrogens with zero attached hydrogens (tertiary/aromatic N) is 3. The molecule has 0 spiro atoms. The molecular weight excluding hydrogens is 212 g/mol. The summed E-state index contributed by atoms with van der Waals surface area (Å²) in [5, 5.41) is 12.7. The van der Waals surface area contributed by atoms with Crippen molar-refractivity contribution < 1.29 is 14.7 Å². The van der Waals surface area contributed by atoms with Gasteiger partial charge < -0.3 is 10.8 Å². The Labute approximate surface area is 89.5 Å². The molecule has 2 aromatic rings. The second-order valence-corrected chi connectivity index (χ2v) is 3.25. The molecule has 0 aromatic carbocycles. The van der Waals surface area contributed by atoms with Crippen LogP contribution in [-0.4, -0.2) is 31.6 Å². The number of amides is 1. The number of carbonyl (C=O) groups is 2. The van der Waals surface area contributed by atoms with Crippen molar-refractivity contribution in [2.75, 3.05) is 0 Å². The molecule has 0 saturated carbocycles. The number of aryl methyl sites for hydroxylation is 1. The number of carboxylic acid groups (broad SMARTS) is 1. The Kier molecular flexibility index (Phi) is 2.08. The van der Waals surface area contributed by atoms with Gasteiger partial charge in [-0.3, -0.25) is 4.79 Å². The minimum absolute atomic E-state index is 0.0602. The van der Waals surface area contributed by atoms with Gasteiger partial charge in [-0.25, -0.2) is 14.3 Å². The zero-order chi connectivity index (χ0) is 11.9. The van der Waals surface area contributed by atoms with Crippen LogP contribution in [0.1, 0.15) is 26.5 Å². The number of hydrogen-bond acceptors (Lipinski definition) is 4. The Bertz CT molecular complexity index is 602. The molecule has 0 saturated heterocycles. The second-order valence-electron chi connectivity index (χ2n) is 3.25. The third-order valence-corrected chi connectivity index (χ3v) is 2.08. The van der Waals surface area contributed by atoms with Crippen LogP contribution < -0.4 is 5.73 Å². The molecular formula is C9H8N4O3. The lowest BCUT2D eigenvalue weighted by Gasteiger charge is -2.01. The van der Waals surface area contributed by atoms with Crippen LogP contribution >= 0.6 is 0 Å². The number of hydrogen-bond donors (Lipinski definition) is 2. The van der Waals surface area contributed by atoms with Crippen LogP contribution in [0.3, 0.4) is 0 Å². The summed E-state index contributed by atoms with van der Waals surface area (Å²) in [4.78, 5) is 26.0. The highest BCUT2D eigenvalue weighted by atomic mass is 16.4. The van der Waals surface area contributed by atoms with E-state index in [0.717, 1.165) is 4.52 Å². The molecule has 7 heteroatoms. The van der Waals surface area contributed by atoms with Crippen molar-refractivity contribution >= 4 is 17.5 Å². The molecule has 2 aromatic heterocycles. The number of carboxylic acids is 1. The Morgan fingerprint density at radius 1 is 1.50 bits per heavy atom. The van der Waals surface area contributed by atoms with Gasteiger partial charge in [0.25, 0.3) is 5.91 Å². The highest BCUT2D eigenvalue weighted by Crippen LogP contribution is 2.11. The lowest BCUT2D eigenvalue weighted by Crippen LogP contribution is -2.13. The smallest absolute Gasteiger partial charge is 0.354 e. The molecule has 3 N–H and O–H groups in total. The van der Waals surface area contributed by atoms with Crippen molar-refractivity contribution in [3.63, 3.8) is 0 Å². The Morgan fingerprint density at radius 2 is 2.19 bits per heavy atom. The second kappa shape index (κ2) is 3.30. The topological polar surface area (TPSA) is 111 Å². The van der Waals surface area contributed by atoms with Gasteiger partial charge in [-0.05, 0) is 13.0 Å². The zero-order valence-corrected chi connectivity index (χ0v) is 8.34. The van der Waals surface area contributed by atoms with E-state index in [1.54, 1.807) is 6.92 Å². The Morgan fingerprint density at radius 3 is 2.75 bits per heavy atom. The molecule has 0 aliphatic rings. The van der Waals surface area contributed by atoms with Gasteiger partial charge in [0.1, 0.15) is 5.56 Å². The van der Waals surface area contributed by atoms with Gasteiger partial charge in [0, 0.05) is 5.69 Å². The molecule has 1 amide bonds. The quantitative estimate of drug-likeness (QED) is 0.730. The molecule has 2 rings (SSSR count). The van der Waals surface area contributed by atoms with Crippen LogP contribution in [0.25, 0.3) is 5.65 Å². The number of rotatable bonds is 2. The van der Waals surface area contributed by atoms with Crippen molar-refractivity contribution in [1.82, 2.24) is 14.6 Å². The summed E-state index contributed by atoms with van der Waals surface area (Å²) in [6.45, 7) is 1.63. The first-order chi connectivity index (χ1) is 7.50. The number of primary amides is 1. The highest BCUT2D eigenvalue weighted by molar-refractivity contribution is 5.99. The first-order valence-electron chi connectivity index (χ1n) is 4.39. The maximum absolute atomic E-state index is 11.0. The first kappa shape index (κ1) is 10.1. The monoisotopic (exact) mass is 220 g/mol. The minimum atomic E-state index is -1.14. The Balaban J connectivity index is 2.86. The molecule has 82 valence electrons. The molecule has 0 aliphatic heterocycles. The van der Waals surface area contributed by atoms with Gasteiger partial charge in [0.15, 0.2) is 11.3 Å². The summed E-state index contributed by atoms with van der Waals surface area (Å²) < 4.78 is 1.08. The fourth-order valence-corrected chi connectivity index (χ4v) is 1.41. The molecule has 0 bridgehead atoms. The van der Waals surface area contributed by atoms with Crippen LogP contribution in [0.15, 0.2) is 12.3 Å². The molecule has 2 heterocycles. The minimum Gasteiger partial charge on any atom is -0.477 e. The fraction of sp³-hybridized carbons (Fsp3) is 0.111. The number of aromatic carboxylic acids is 1. The van der Waals surface area contributed by atoms with Crippen molar-refractivity contribution in [1.29, 1.82) is 0 Å². The molecule has 0 atom stereocenters. The van der Waals surface area contributed by atoms with Crippen LogP contribution in [0.2, 0.25) is 0 Å². The molecule has 0 radical (unpaired) electrons. The average molecular weight is 220 g/mol. The van der Waals surface area contributed by atoms with Gasteiger partial charge in [-0.2, -0.15) is 5.10 Å². The zero-order valence-electron chi connectivity index (χ0n) is 8.34. The van der Waals surface area contributed by atoms with Gasteiger partial charge in [0.2, 0.25) is 0 Å². The lowest BCUT2D eigenvalue weighted by atomic mass is 10.3. The summed E-state index contributed by atoms with van der Waals surface area (Å²) in [5.74, 6) is -1.83. The van der Waals surface area contributed by atoms with Gasteiger partial charge in [-0.1, -0.05) is 0 Å². The van der Waals surface area contributed by atoms with Crippen LogP contribution in [-0.2, 0) is 0 Å². The van der Waals surface area contributed by atoms with E-state index < -0.39 is 11.9 Å². The number of carbonyl (C=O) groups excluding carboxylic acids is 1. The molecule has 0 unspecified atom stereocenters. The van der Waals surface area contributed by atoms with Crippen molar-refractivity contribution in [2.45, 2.75) is 6.92 Å². The summed E-state index contributed by atoms with van der Waals surface area (Å²) >= 11 is 0. The summed E-state index contributed by atoms with van der Waals surface area (Å²) in [6, 6.07) is 1.37. The van der Waals surface area contributed by atoms with E-state index in [1.165, 1.54) is 12.3 Å². The van der Waals surface area contributed by atoms with Gasteiger partial charge >= 0.3 is 5.97 Å². The van der Waals surface area contributed by atoms with E-state index in [0.29, 0.717) is 5.69 Å². The van der Waals surface area contributed by atoms with Gasteiger partial charge in [0.05, 0.1) is 6.20 Å². The third-order valence-electron chi connectivity index (χ3n) is 2.08. The van der Waals surface area contributed by atoms with Crippen molar-refractivity contribution in [2.24, 2.45) is 5.73 Å². The summed E-state index contributed by atoms with van der Waals surface area (Å²) in [6.07, 6.45) is 1.20. The number of fused-ring (bicyclic) bond motifs is 1. The van der Waals surface area contributed by atoms with Crippen molar-refractivity contribution in [3.05, 3.63) is 29.2 Å². The third kappa shape index (κ3) is 1.38. The van der Waals surface area contributed by atoms with E-state index in [4.69, 9.17) is 10.8 Å². The van der Waals surface area contributed by atoms with Crippen LogP contribution in [0.5, 0.6) is 0 Å². The van der Waals surface area contributed by atoms with E-state index in [9.17, 15) is 9.59 Å². The predicted molar refractivity (Wildman–Crippen MR) is 53.2 cm³/mol. The maximum Gasteiger partial charge on any atom is 0.354 e. The molecule has 16 heavy (non-hydrogen) atoms. The van der Waals surface area contributed by atoms with E-state index in [2.05, 4.69) is 10.1 Å². The average Bonchev–Trinajstić information content (AvgIpc) is 2.59. The van der Waals surface area contributed by atoms with Gasteiger partial charge in [-0.15, -0.1) is 0 Å². The number of nitrogens with two attached hydrogens (primary N) is 1. The summed E-state index contributed by atoms with van der Waals surface area (Å²) in [7, 11) is 0. The molecule has 7 nitrogen and oxygen atoms in total. The maximum atomic E-state index is 11.0. The van der Waals surface area contributed by atoms with E-state index in [-0.39, 0.29) is 16.9 Å². The Hall–Kier alpha value is -2.44. The molecule has 0 aliphatic carbocycles. The van der Waals surface area contributed by atoms with Crippen LogP contribution in [0.4, 0.5) is 0 Å². The SMILES string of the molecule is Cc1cc(C(=O)O)n2ncc(C(N)=O)c2n1. The fourth-order valence-electron chi connectivity index (χ4n) is 1.41. The normalized spacial score (nSPS) is 10.6. The summed E-state index contributed by atoms with van der Waals surface area (Å²) in [5.41, 5.74) is 5.80. The van der Waals surface area contributed by atoms with E-state index >= 15 is 0 Å².